The molecule has 63 valence electrons. The quantitative estimate of drug-likeness (QED) is 0.615. The van der Waals surface area contributed by atoms with Gasteiger partial charge >= 0.3 is 0 Å². The van der Waals surface area contributed by atoms with Gasteiger partial charge in [0.05, 0.1) is 0 Å². The molecule has 0 bridgehead atoms. The third-order valence-corrected chi connectivity index (χ3v) is 2.00. The predicted octanol–water partition coefficient (Wildman–Crippen LogP) is 0.711. The zero-order chi connectivity index (χ0) is 8.39. The van der Waals surface area contributed by atoms with Gasteiger partial charge in [-0.15, -0.1) is 0 Å². The van der Waals surface area contributed by atoms with Gasteiger partial charge in [-0.05, 0) is 12.8 Å². The van der Waals surface area contributed by atoms with Crippen LogP contribution in [-0.2, 0) is 0 Å². The van der Waals surface area contributed by atoms with E-state index >= 15 is 0 Å². The molecule has 4 nitrogen and oxygen atoms in total. The molecule has 1 aromatic heterocycles. The molecule has 1 amide bonds. The van der Waals surface area contributed by atoms with Crippen molar-refractivity contribution in [2.45, 2.75) is 12.8 Å². The smallest absolute Gasteiger partial charge is 0.284 e. The van der Waals surface area contributed by atoms with Crippen molar-refractivity contribution in [2.75, 3.05) is 13.1 Å². The van der Waals surface area contributed by atoms with Gasteiger partial charge < -0.3 is 9.32 Å². The second-order valence-corrected chi connectivity index (χ2v) is 2.82. The monoisotopic (exact) mass is 165 g/mol. The standard InChI is InChI=1S/C8H9N2O2/c11-8(7-5-12-6-9-7)10-3-1-2-4-10/h5H,1-4H2. The zero-order valence-electron chi connectivity index (χ0n) is 6.62. The summed E-state index contributed by atoms with van der Waals surface area (Å²) in [6.45, 7) is 1.68. The van der Waals surface area contributed by atoms with Gasteiger partial charge in [0, 0.05) is 13.1 Å². The third kappa shape index (κ3) is 1.20. The van der Waals surface area contributed by atoms with Crippen LogP contribution in [0.5, 0.6) is 0 Å². The maximum atomic E-state index is 11.5. The van der Waals surface area contributed by atoms with Crippen molar-refractivity contribution in [3.63, 3.8) is 0 Å². The molecular formula is C8H9N2O2. The van der Waals surface area contributed by atoms with E-state index in [0.29, 0.717) is 5.69 Å². The molecule has 0 unspecified atom stereocenters. The van der Waals surface area contributed by atoms with Crippen LogP contribution in [0.15, 0.2) is 10.7 Å². The van der Waals surface area contributed by atoms with Crippen LogP contribution in [-0.4, -0.2) is 28.9 Å². The van der Waals surface area contributed by atoms with Crippen LogP contribution in [0.3, 0.4) is 0 Å². The number of amides is 1. The molecule has 1 saturated heterocycles. The zero-order valence-corrected chi connectivity index (χ0v) is 6.62. The Hall–Kier alpha value is -1.32. The second-order valence-electron chi connectivity index (χ2n) is 2.82. The van der Waals surface area contributed by atoms with Gasteiger partial charge in [-0.1, -0.05) is 0 Å². The van der Waals surface area contributed by atoms with E-state index in [1.165, 1.54) is 6.26 Å². The van der Waals surface area contributed by atoms with Crippen LogP contribution in [0.25, 0.3) is 0 Å². The van der Waals surface area contributed by atoms with Crippen LogP contribution in [0.2, 0.25) is 0 Å². The number of aromatic nitrogens is 1. The minimum absolute atomic E-state index is 0.0440. The minimum atomic E-state index is -0.0440. The fourth-order valence-electron chi connectivity index (χ4n) is 1.36. The highest BCUT2D eigenvalue weighted by atomic mass is 16.3. The summed E-state index contributed by atoms with van der Waals surface area (Å²) in [7, 11) is 0. The summed E-state index contributed by atoms with van der Waals surface area (Å²) >= 11 is 0. The first kappa shape index (κ1) is 7.34. The van der Waals surface area contributed by atoms with Gasteiger partial charge in [-0.3, -0.25) is 4.79 Å². The Labute approximate surface area is 70.2 Å². The predicted molar refractivity (Wildman–Crippen MR) is 40.5 cm³/mol. The normalized spacial score (nSPS) is 16.8. The molecule has 1 aliphatic rings. The fourth-order valence-corrected chi connectivity index (χ4v) is 1.36. The maximum absolute atomic E-state index is 11.5. The molecule has 1 aromatic rings. The van der Waals surface area contributed by atoms with Crippen molar-refractivity contribution >= 4 is 5.91 Å². The van der Waals surface area contributed by atoms with E-state index in [4.69, 9.17) is 0 Å². The molecule has 0 spiro atoms. The van der Waals surface area contributed by atoms with Crippen molar-refractivity contribution in [3.05, 3.63) is 18.4 Å². The van der Waals surface area contributed by atoms with Gasteiger partial charge in [0.2, 0.25) is 0 Å². The number of carbonyl (C=O) groups excluding carboxylic acids is 1. The van der Waals surface area contributed by atoms with Gasteiger partial charge in [-0.2, -0.15) is 4.98 Å². The van der Waals surface area contributed by atoms with Crippen molar-refractivity contribution in [1.29, 1.82) is 0 Å². The Bertz CT molecular complexity index is 263. The van der Waals surface area contributed by atoms with E-state index in [1.807, 2.05) is 0 Å². The number of nitrogens with zero attached hydrogens (tertiary/aromatic N) is 2. The van der Waals surface area contributed by atoms with Crippen LogP contribution in [0, 0.1) is 6.39 Å². The lowest BCUT2D eigenvalue weighted by Gasteiger charge is -2.12. The molecule has 2 heterocycles. The van der Waals surface area contributed by atoms with Crippen LogP contribution in [0.4, 0.5) is 0 Å². The number of likely N-dealkylation sites (tertiary alicyclic amines) is 1. The van der Waals surface area contributed by atoms with Gasteiger partial charge in [0.1, 0.15) is 6.26 Å². The topological polar surface area (TPSA) is 46.3 Å². The summed E-state index contributed by atoms with van der Waals surface area (Å²) in [6.07, 6.45) is 5.78. The highest BCUT2D eigenvalue weighted by Gasteiger charge is 2.20. The molecular weight excluding hydrogens is 156 g/mol. The molecule has 0 saturated carbocycles. The van der Waals surface area contributed by atoms with E-state index in [0.717, 1.165) is 25.9 Å². The molecule has 1 radical (unpaired) electrons. The van der Waals surface area contributed by atoms with Crippen molar-refractivity contribution in [1.82, 2.24) is 9.88 Å². The Morgan fingerprint density at radius 3 is 2.92 bits per heavy atom. The van der Waals surface area contributed by atoms with E-state index in [-0.39, 0.29) is 5.91 Å². The Morgan fingerprint density at radius 1 is 1.58 bits per heavy atom. The van der Waals surface area contributed by atoms with Crippen LogP contribution in [0.1, 0.15) is 23.3 Å². The first-order valence-electron chi connectivity index (χ1n) is 3.99. The molecule has 0 aliphatic carbocycles. The molecule has 0 atom stereocenters. The van der Waals surface area contributed by atoms with E-state index in [2.05, 4.69) is 15.8 Å². The molecule has 2 rings (SSSR count). The lowest BCUT2D eigenvalue weighted by Crippen LogP contribution is -2.27. The van der Waals surface area contributed by atoms with Gasteiger partial charge in [0.25, 0.3) is 12.3 Å². The largest absolute Gasteiger partial charge is 0.440 e. The first-order valence-corrected chi connectivity index (χ1v) is 3.99. The summed E-state index contributed by atoms with van der Waals surface area (Å²) < 4.78 is 4.61. The number of oxazole rings is 1. The number of hydrogen-bond acceptors (Lipinski definition) is 3. The lowest BCUT2D eigenvalue weighted by molar-refractivity contribution is 0.0787. The minimum Gasteiger partial charge on any atom is -0.440 e. The average molecular weight is 165 g/mol. The molecule has 4 heteroatoms. The fraction of sp³-hybridized carbons (Fsp3) is 0.500. The highest BCUT2D eigenvalue weighted by Crippen LogP contribution is 2.10. The Morgan fingerprint density at radius 2 is 2.33 bits per heavy atom. The van der Waals surface area contributed by atoms with Gasteiger partial charge in [-0.25, -0.2) is 0 Å². The molecule has 0 aromatic carbocycles. The first-order chi connectivity index (χ1) is 5.88. The summed E-state index contributed by atoms with van der Waals surface area (Å²) in [5.41, 5.74) is 0.358. The number of hydrogen-bond donors (Lipinski definition) is 0. The Balaban J connectivity index is 2.09. The van der Waals surface area contributed by atoms with E-state index < -0.39 is 0 Å². The summed E-state index contributed by atoms with van der Waals surface area (Å²) in [5.74, 6) is -0.0440. The molecule has 1 fully saturated rings. The Kier molecular flexibility index (Phi) is 1.81. The maximum Gasteiger partial charge on any atom is 0.284 e. The second kappa shape index (κ2) is 2.97. The number of rotatable bonds is 1. The van der Waals surface area contributed by atoms with E-state index in [1.54, 1.807) is 4.90 Å². The van der Waals surface area contributed by atoms with Crippen LogP contribution < -0.4 is 0 Å². The van der Waals surface area contributed by atoms with Crippen LogP contribution >= 0.6 is 0 Å². The molecule has 12 heavy (non-hydrogen) atoms. The van der Waals surface area contributed by atoms with Crippen molar-refractivity contribution in [3.8, 4) is 0 Å². The lowest BCUT2D eigenvalue weighted by atomic mass is 10.4. The highest BCUT2D eigenvalue weighted by molar-refractivity contribution is 5.91. The average Bonchev–Trinajstić information content (AvgIpc) is 2.77. The van der Waals surface area contributed by atoms with Gasteiger partial charge in [0.15, 0.2) is 5.69 Å². The van der Waals surface area contributed by atoms with E-state index in [9.17, 15) is 4.79 Å². The summed E-state index contributed by atoms with van der Waals surface area (Å²) in [4.78, 5) is 17.0. The van der Waals surface area contributed by atoms with Crippen molar-refractivity contribution < 1.29 is 9.21 Å². The third-order valence-electron chi connectivity index (χ3n) is 2.00. The molecule has 0 N–H and O–H groups in total. The SMILES string of the molecule is O=C(c1co[c]n1)N1CCCC1. The molecule has 1 aliphatic heterocycles. The van der Waals surface area contributed by atoms with Crippen molar-refractivity contribution in [2.24, 2.45) is 0 Å². The summed E-state index contributed by atoms with van der Waals surface area (Å²) in [6, 6.07) is 0. The number of carbonyl (C=O) groups is 1. The summed E-state index contributed by atoms with van der Waals surface area (Å²) in [5, 5.41) is 0.